The highest BCUT2D eigenvalue weighted by atomic mass is 32.2. The number of rotatable bonds is 3. The van der Waals surface area contributed by atoms with Gasteiger partial charge in [0.05, 0.1) is 17.6 Å². The minimum absolute atomic E-state index is 0.00888. The van der Waals surface area contributed by atoms with Gasteiger partial charge in [0.25, 0.3) is 11.1 Å². The minimum atomic E-state index is -0.195. The molecule has 4 nitrogen and oxygen atoms in total. The van der Waals surface area contributed by atoms with E-state index in [0.29, 0.717) is 11.4 Å². The van der Waals surface area contributed by atoms with Crippen molar-refractivity contribution in [3.8, 4) is 0 Å². The molecule has 0 radical (unpaired) electrons. The van der Waals surface area contributed by atoms with Crippen LogP contribution in [0.3, 0.4) is 0 Å². The smallest absolute Gasteiger partial charge is 0.293 e. The Balaban J connectivity index is 1.73. The quantitative estimate of drug-likeness (QED) is 0.804. The Bertz CT molecular complexity index is 518. The molecule has 0 spiro atoms. The van der Waals surface area contributed by atoms with Crippen LogP contribution in [0, 0.1) is 0 Å². The number of nitrogens with zero attached hydrogens (tertiary/aromatic N) is 1. The lowest BCUT2D eigenvalue weighted by atomic mass is 10.2. The summed E-state index contributed by atoms with van der Waals surface area (Å²) in [5, 5.41) is 1.76. The maximum absolute atomic E-state index is 12.2. The van der Waals surface area contributed by atoms with E-state index in [0.717, 1.165) is 36.1 Å². The molecule has 0 N–H and O–H groups in total. The largest absolute Gasteiger partial charge is 0.376 e. The summed E-state index contributed by atoms with van der Waals surface area (Å²) >= 11 is 2.56. The number of hydrogen-bond donors (Lipinski definition) is 0. The fourth-order valence-corrected chi connectivity index (χ4v) is 3.72. The van der Waals surface area contributed by atoms with E-state index in [4.69, 9.17) is 4.74 Å². The zero-order valence-electron chi connectivity index (χ0n) is 10.2. The third-order valence-electron chi connectivity index (χ3n) is 3.10. The lowest BCUT2D eigenvalue weighted by molar-refractivity contribution is -0.123. The SMILES string of the molecule is O=C1SC(=Cc2cccs2)C(=O)N1CC1CCCO1. The summed E-state index contributed by atoms with van der Waals surface area (Å²) < 4.78 is 5.48. The fraction of sp³-hybridized carbons (Fsp3) is 0.385. The van der Waals surface area contributed by atoms with E-state index in [1.165, 1.54) is 4.90 Å². The number of ether oxygens (including phenoxy) is 1. The highest BCUT2D eigenvalue weighted by Crippen LogP contribution is 2.33. The van der Waals surface area contributed by atoms with Gasteiger partial charge in [-0.05, 0) is 42.1 Å². The van der Waals surface area contributed by atoms with E-state index in [9.17, 15) is 9.59 Å². The molecule has 2 aliphatic heterocycles. The molecule has 2 amide bonds. The number of imide groups is 1. The Kier molecular flexibility index (Phi) is 3.72. The Labute approximate surface area is 119 Å². The molecule has 0 aliphatic carbocycles. The maximum Gasteiger partial charge on any atom is 0.293 e. The van der Waals surface area contributed by atoms with E-state index in [1.807, 2.05) is 17.5 Å². The second-order valence-electron chi connectivity index (χ2n) is 4.44. The normalized spacial score (nSPS) is 25.8. The first-order valence-corrected chi connectivity index (χ1v) is 7.84. The summed E-state index contributed by atoms with van der Waals surface area (Å²) in [6.07, 6.45) is 3.72. The molecule has 1 aromatic heterocycles. The third-order valence-corrected chi connectivity index (χ3v) is 4.83. The van der Waals surface area contributed by atoms with Crippen LogP contribution in [-0.4, -0.2) is 35.3 Å². The van der Waals surface area contributed by atoms with Gasteiger partial charge < -0.3 is 4.74 Å². The van der Waals surface area contributed by atoms with Gasteiger partial charge in [-0.3, -0.25) is 14.5 Å². The average Bonchev–Trinajstić information content (AvgIpc) is 3.10. The number of thiophene rings is 1. The molecule has 6 heteroatoms. The molecular formula is C13H13NO3S2. The van der Waals surface area contributed by atoms with Crippen molar-refractivity contribution in [2.24, 2.45) is 0 Å². The molecule has 100 valence electrons. The van der Waals surface area contributed by atoms with Crippen molar-refractivity contribution in [3.05, 3.63) is 27.3 Å². The van der Waals surface area contributed by atoms with Crippen LogP contribution in [0.25, 0.3) is 6.08 Å². The molecule has 1 unspecified atom stereocenters. The van der Waals surface area contributed by atoms with Crippen LogP contribution in [-0.2, 0) is 9.53 Å². The van der Waals surface area contributed by atoms with Crippen molar-refractivity contribution < 1.29 is 14.3 Å². The van der Waals surface area contributed by atoms with Crippen LogP contribution in [0.5, 0.6) is 0 Å². The van der Waals surface area contributed by atoms with Crippen molar-refractivity contribution in [2.45, 2.75) is 18.9 Å². The fourth-order valence-electron chi connectivity index (χ4n) is 2.15. The Hall–Kier alpha value is -1.11. The molecule has 2 saturated heterocycles. The van der Waals surface area contributed by atoms with Crippen LogP contribution in [0.1, 0.15) is 17.7 Å². The van der Waals surface area contributed by atoms with Gasteiger partial charge in [0.2, 0.25) is 0 Å². The summed E-state index contributed by atoms with van der Waals surface area (Å²) in [7, 11) is 0. The van der Waals surface area contributed by atoms with Crippen LogP contribution in [0.4, 0.5) is 4.79 Å². The molecule has 0 saturated carbocycles. The molecule has 19 heavy (non-hydrogen) atoms. The van der Waals surface area contributed by atoms with E-state index < -0.39 is 0 Å². The van der Waals surface area contributed by atoms with Crippen LogP contribution in [0.15, 0.2) is 22.4 Å². The van der Waals surface area contributed by atoms with Gasteiger partial charge in [-0.25, -0.2) is 0 Å². The second kappa shape index (κ2) is 5.48. The topological polar surface area (TPSA) is 46.6 Å². The van der Waals surface area contributed by atoms with Crippen molar-refractivity contribution >= 4 is 40.3 Å². The van der Waals surface area contributed by atoms with Crippen LogP contribution >= 0.6 is 23.1 Å². The summed E-state index contributed by atoms with van der Waals surface area (Å²) in [6.45, 7) is 1.11. The Morgan fingerprint density at radius 3 is 3.05 bits per heavy atom. The minimum Gasteiger partial charge on any atom is -0.376 e. The highest BCUT2D eigenvalue weighted by Gasteiger charge is 2.37. The zero-order valence-corrected chi connectivity index (χ0v) is 11.8. The monoisotopic (exact) mass is 295 g/mol. The van der Waals surface area contributed by atoms with E-state index in [-0.39, 0.29) is 17.3 Å². The zero-order chi connectivity index (χ0) is 13.2. The molecule has 3 heterocycles. The number of hydrogen-bond acceptors (Lipinski definition) is 5. The molecule has 1 atom stereocenters. The predicted octanol–water partition coefficient (Wildman–Crippen LogP) is 2.96. The van der Waals surface area contributed by atoms with Gasteiger partial charge in [-0.2, -0.15) is 0 Å². The summed E-state index contributed by atoms with van der Waals surface area (Å²) in [4.78, 5) is 26.9. The van der Waals surface area contributed by atoms with Gasteiger partial charge >= 0.3 is 0 Å². The maximum atomic E-state index is 12.2. The molecule has 3 rings (SSSR count). The van der Waals surface area contributed by atoms with Crippen LogP contribution < -0.4 is 0 Å². The molecule has 1 aromatic rings. The first-order valence-electron chi connectivity index (χ1n) is 6.14. The summed E-state index contributed by atoms with van der Waals surface area (Å²) in [6, 6.07) is 3.85. The predicted molar refractivity (Wildman–Crippen MR) is 76.0 cm³/mol. The molecular weight excluding hydrogens is 282 g/mol. The highest BCUT2D eigenvalue weighted by molar-refractivity contribution is 8.18. The van der Waals surface area contributed by atoms with E-state index >= 15 is 0 Å². The first kappa shape index (κ1) is 12.9. The number of carbonyl (C=O) groups is 2. The van der Waals surface area contributed by atoms with Gasteiger partial charge in [-0.1, -0.05) is 6.07 Å². The van der Waals surface area contributed by atoms with Gasteiger partial charge in [0.15, 0.2) is 0 Å². The second-order valence-corrected chi connectivity index (χ2v) is 6.42. The molecule has 0 aromatic carbocycles. The number of carbonyl (C=O) groups excluding carboxylic acids is 2. The van der Waals surface area contributed by atoms with Crippen molar-refractivity contribution in [3.63, 3.8) is 0 Å². The van der Waals surface area contributed by atoms with Gasteiger partial charge in [0, 0.05) is 11.5 Å². The van der Waals surface area contributed by atoms with Gasteiger partial charge in [0.1, 0.15) is 0 Å². The van der Waals surface area contributed by atoms with Crippen LogP contribution in [0.2, 0.25) is 0 Å². The van der Waals surface area contributed by atoms with Gasteiger partial charge in [-0.15, -0.1) is 11.3 Å². The van der Waals surface area contributed by atoms with E-state index in [1.54, 1.807) is 17.4 Å². The lowest BCUT2D eigenvalue weighted by Gasteiger charge is -2.16. The standard InChI is InChI=1S/C13H13NO3S2/c15-12-11(7-10-4-2-6-18-10)19-13(16)14(12)8-9-3-1-5-17-9/h2,4,6-7,9H,1,3,5,8H2. The Morgan fingerprint density at radius 2 is 2.37 bits per heavy atom. The van der Waals surface area contributed by atoms with E-state index in [2.05, 4.69) is 0 Å². The van der Waals surface area contributed by atoms with Crippen molar-refractivity contribution in [1.82, 2.24) is 4.90 Å². The molecule has 0 bridgehead atoms. The summed E-state index contributed by atoms with van der Waals surface area (Å²) in [5.74, 6) is -0.195. The number of amides is 2. The summed E-state index contributed by atoms with van der Waals surface area (Å²) in [5.41, 5.74) is 0. The molecule has 2 aliphatic rings. The van der Waals surface area contributed by atoms with Crippen molar-refractivity contribution in [2.75, 3.05) is 13.2 Å². The first-order chi connectivity index (χ1) is 9.24. The Morgan fingerprint density at radius 1 is 1.47 bits per heavy atom. The average molecular weight is 295 g/mol. The van der Waals surface area contributed by atoms with Crippen molar-refractivity contribution in [1.29, 1.82) is 0 Å². The third kappa shape index (κ3) is 2.75. The lowest BCUT2D eigenvalue weighted by Crippen LogP contribution is -2.35. The molecule has 2 fully saturated rings. The number of thioether (sulfide) groups is 1.